The summed E-state index contributed by atoms with van der Waals surface area (Å²) in [7, 11) is 0. The molecular weight excluding hydrogens is 168 g/mol. The van der Waals surface area contributed by atoms with Crippen LogP contribution in [0.25, 0.3) is 0 Å². The first-order valence-corrected chi connectivity index (χ1v) is 4.19. The molecule has 0 heterocycles. The zero-order valence-corrected chi connectivity index (χ0v) is 7.60. The molecule has 12 heavy (non-hydrogen) atoms. The third-order valence-electron chi connectivity index (χ3n) is 1.64. The molecule has 0 saturated carbocycles. The molecule has 3 heteroatoms. The molecule has 0 aliphatic rings. The fourth-order valence-corrected chi connectivity index (χ4v) is 1.16. The number of hydrogen-bond acceptors (Lipinski definition) is 2. The maximum atomic E-state index is 5.45. The summed E-state index contributed by atoms with van der Waals surface area (Å²) >= 11 is 4.79. The Bertz CT molecular complexity index is 266. The topological polar surface area (TPSA) is 52.0 Å². The monoisotopic (exact) mass is 180 g/mol. The zero-order chi connectivity index (χ0) is 8.97. The fourth-order valence-electron chi connectivity index (χ4n) is 0.994. The van der Waals surface area contributed by atoms with Gasteiger partial charge in [0.15, 0.2) is 0 Å². The van der Waals surface area contributed by atoms with E-state index < -0.39 is 0 Å². The molecule has 0 spiro atoms. The van der Waals surface area contributed by atoms with Gasteiger partial charge in [-0.1, -0.05) is 36.5 Å². The number of hydrogen-bond donors (Lipinski definition) is 2. The Kier molecular flexibility index (Phi) is 3.19. The van der Waals surface area contributed by atoms with Gasteiger partial charge in [0.2, 0.25) is 0 Å². The van der Waals surface area contributed by atoms with Gasteiger partial charge in [0.1, 0.15) is 0 Å². The lowest BCUT2D eigenvalue weighted by molar-refractivity contribution is 1.07. The van der Waals surface area contributed by atoms with E-state index in [0.717, 1.165) is 11.1 Å². The maximum Gasteiger partial charge on any atom is 0.0771 e. The summed E-state index contributed by atoms with van der Waals surface area (Å²) in [4.78, 5) is 0.524. The Morgan fingerprint density at radius 2 is 1.67 bits per heavy atom. The Labute approximate surface area is 77.6 Å². The number of benzene rings is 1. The van der Waals surface area contributed by atoms with Crippen LogP contribution < -0.4 is 11.5 Å². The third-order valence-corrected chi connectivity index (χ3v) is 1.78. The molecule has 0 saturated heterocycles. The molecule has 0 bridgehead atoms. The first-order valence-electron chi connectivity index (χ1n) is 3.78. The highest BCUT2D eigenvalue weighted by molar-refractivity contribution is 7.80. The Balaban J connectivity index is 2.71. The summed E-state index contributed by atoms with van der Waals surface area (Å²) < 4.78 is 0. The van der Waals surface area contributed by atoms with Gasteiger partial charge in [0, 0.05) is 13.0 Å². The highest BCUT2D eigenvalue weighted by atomic mass is 32.1. The minimum Gasteiger partial charge on any atom is -0.393 e. The van der Waals surface area contributed by atoms with Crippen LogP contribution in [0, 0.1) is 0 Å². The van der Waals surface area contributed by atoms with Gasteiger partial charge in [-0.3, -0.25) is 0 Å². The van der Waals surface area contributed by atoms with E-state index in [0.29, 0.717) is 18.0 Å². The molecule has 0 aromatic heterocycles. The van der Waals surface area contributed by atoms with E-state index in [1.807, 2.05) is 24.3 Å². The second-order valence-electron chi connectivity index (χ2n) is 2.66. The second-order valence-corrected chi connectivity index (χ2v) is 3.19. The molecule has 1 rings (SSSR count). The summed E-state index contributed by atoms with van der Waals surface area (Å²) in [6, 6.07) is 7.99. The Morgan fingerprint density at radius 1 is 1.17 bits per heavy atom. The number of thiocarbonyl (C=S) groups is 1. The average molecular weight is 180 g/mol. The van der Waals surface area contributed by atoms with E-state index in [1.165, 1.54) is 0 Å². The SMILES string of the molecule is NCc1ccc(CC(N)=S)cc1. The smallest absolute Gasteiger partial charge is 0.0771 e. The van der Waals surface area contributed by atoms with Crippen molar-refractivity contribution in [2.45, 2.75) is 13.0 Å². The third kappa shape index (κ3) is 2.60. The molecule has 0 amide bonds. The molecule has 0 aliphatic carbocycles. The van der Waals surface area contributed by atoms with E-state index in [4.69, 9.17) is 23.7 Å². The highest BCUT2D eigenvalue weighted by Gasteiger charge is 1.94. The van der Waals surface area contributed by atoms with Crippen LogP contribution in [-0.4, -0.2) is 4.99 Å². The van der Waals surface area contributed by atoms with Crippen LogP contribution in [0.5, 0.6) is 0 Å². The van der Waals surface area contributed by atoms with Crippen molar-refractivity contribution in [3.05, 3.63) is 35.4 Å². The highest BCUT2D eigenvalue weighted by Crippen LogP contribution is 2.04. The molecule has 4 N–H and O–H groups in total. The van der Waals surface area contributed by atoms with Crippen LogP contribution in [0.4, 0.5) is 0 Å². The number of nitrogens with two attached hydrogens (primary N) is 2. The van der Waals surface area contributed by atoms with Gasteiger partial charge in [-0.2, -0.15) is 0 Å². The quantitative estimate of drug-likeness (QED) is 0.682. The fraction of sp³-hybridized carbons (Fsp3) is 0.222. The van der Waals surface area contributed by atoms with Crippen molar-refractivity contribution in [3.8, 4) is 0 Å². The Hall–Kier alpha value is -0.930. The molecule has 0 fully saturated rings. The van der Waals surface area contributed by atoms with Crippen molar-refractivity contribution in [2.24, 2.45) is 11.5 Å². The van der Waals surface area contributed by atoms with Gasteiger partial charge in [0.25, 0.3) is 0 Å². The average Bonchev–Trinajstić information content (AvgIpc) is 2.05. The van der Waals surface area contributed by atoms with Crippen LogP contribution in [0.2, 0.25) is 0 Å². The summed E-state index contributed by atoms with van der Waals surface area (Å²) in [6.45, 7) is 0.577. The van der Waals surface area contributed by atoms with Crippen LogP contribution >= 0.6 is 12.2 Å². The zero-order valence-electron chi connectivity index (χ0n) is 6.79. The normalized spacial score (nSPS) is 9.75. The van der Waals surface area contributed by atoms with E-state index in [2.05, 4.69) is 0 Å². The lowest BCUT2D eigenvalue weighted by Gasteiger charge is -2.00. The van der Waals surface area contributed by atoms with Gasteiger partial charge in [-0.15, -0.1) is 0 Å². The molecule has 1 aromatic carbocycles. The summed E-state index contributed by atoms with van der Waals surface area (Å²) in [5.41, 5.74) is 13.1. The second kappa shape index (κ2) is 4.18. The molecule has 64 valence electrons. The minimum atomic E-state index is 0.524. The van der Waals surface area contributed by atoms with Crippen molar-refractivity contribution in [1.82, 2.24) is 0 Å². The molecule has 0 unspecified atom stereocenters. The standard InChI is InChI=1S/C9H12N2S/c10-6-8-3-1-7(2-4-8)5-9(11)12/h1-4H,5-6,10H2,(H2,11,12). The first kappa shape index (κ1) is 9.16. The van der Waals surface area contributed by atoms with E-state index >= 15 is 0 Å². The van der Waals surface area contributed by atoms with Gasteiger partial charge in [-0.05, 0) is 11.1 Å². The molecule has 0 aliphatic heterocycles. The van der Waals surface area contributed by atoms with E-state index in [1.54, 1.807) is 0 Å². The van der Waals surface area contributed by atoms with Crippen molar-refractivity contribution in [1.29, 1.82) is 0 Å². The lowest BCUT2D eigenvalue weighted by atomic mass is 10.1. The maximum absolute atomic E-state index is 5.45. The molecule has 1 aromatic rings. The van der Waals surface area contributed by atoms with Crippen molar-refractivity contribution >= 4 is 17.2 Å². The molecular formula is C9H12N2S. The largest absolute Gasteiger partial charge is 0.393 e. The van der Waals surface area contributed by atoms with Gasteiger partial charge < -0.3 is 11.5 Å². The lowest BCUT2D eigenvalue weighted by Crippen LogP contribution is -2.10. The predicted octanol–water partition coefficient (Wildman–Crippen LogP) is 0.974. The van der Waals surface area contributed by atoms with Gasteiger partial charge in [-0.25, -0.2) is 0 Å². The van der Waals surface area contributed by atoms with E-state index in [-0.39, 0.29) is 0 Å². The summed E-state index contributed by atoms with van der Waals surface area (Å²) in [6.07, 6.45) is 0.667. The predicted molar refractivity (Wildman–Crippen MR) is 54.8 cm³/mol. The van der Waals surface area contributed by atoms with Crippen LogP contribution in [0.15, 0.2) is 24.3 Å². The minimum absolute atomic E-state index is 0.524. The summed E-state index contributed by atoms with van der Waals surface area (Å²) in [5.74, 6) is 0. The summed E-state index contributed by atoms with van der Waals surface area (Å²) in [5, 5.41) is 0. The molecule has 0 radical (unpaired) electrons. The van der Waals surface area contributed by atoms with Gasteiger partial charge >= 0.3 is 0 Å². The molecule has 2 nitrogen and oxygen atoms in total. The van der Waals surface area contributed by atoms with Crippen LogP contribution in [0.1, 0.15) is 11.1 Å². The van der Waals surface area contributed by atoms with Gasteiger partial charge in [0.05, 0.1) is 4.99 Å². The van der Waals surface area contributed by atoms with Crippen LogP contribution in [-0.2, 0) is 13.0 Å². The molecule has 0 atom stereocenters. The van der Waals surface area contributed by atoms with Crippen molar-refractivity contribution in [3.63, 3.8) is 0 Å². The van der Waals surface area contributed by atoms with E-state index in [9.17, 15) is 0 Å². The van der Waals surface area contributed by atoms with Crippen LogP contribution in [0.3, 0.4) is 0 Å². The first-order chi connectivity index (χ1) is 5.72. The Morgan fingerprint density at radius 3 is 2.08 bits per heavy atom. The number of rotatable bonds is 3. The van der Waals surface area contributed by atoms with Crippen molar-refractivity contribution < 1.29 is 0 Å². The van der Waals surface area contributed by atoms with Crippen molar-refractivity contribution in [2.75, 3.05) is 0 Å².